The highest BCUT2D eigenvalue weighted by atomic mass is 16.4. The number of fused-ring (bicyclic) bond motifs is 1. The topological polar surface area (TPSA) is 116 Å². The van der Waals surface area contributed by atoms with Crippen molar-refractivity contribution in [2.75, 3.05) is 6.54 Å². The van der Waals surface area contributed by atoms with Crippen LogP contribution in [0.4, 0.5) is 4.79 Å². The second kappa shape index (κ2) is 5.71. The van der Waals surface area contributed by atoms with E-state index in [-0.39, 0.29) is 13.0 Å². The van der Waals surface area contributed by atoms with Crippen molar-refractivity contribution in [3.8, 4) is 0 Å². The van der Waals surface area contributed by atoms with Crippen molar-refractivity contribution in [3.63, 3.8) is 0 Å². The summed E-state index contributed by atoms with van der Waals surface area (Å²) in [4.78, 5) is 48.3. The summed E-state index contributed by atoms with van der Waals surface area (Å²) in [5.41, 5.74) is 1.44. The Morgan fingerprint density at radius 1 is 1.22 bits per heavy atom. The van der Waals surface area contributed by atoms with E-state index >= 15 is 0 Å². The van der Waals surface area contributed by atoms with Crippen LogP contribution in [-0.2, 0) is 20.8 Å². The summed E-state index contributed by atoms with van der Waals surface area (Å²) < 4.78 is 0. The molecule has 120 valence electrons. The van der Waals surface area contributed by atoms with E-state index < -0.39 is 35.9 Å². The zero-order valence-corrected chi connectivity index (χ0v) is 12.1. The summed E-state index contributed by atoms with van der Waals surface area (Å²) in [6.45, 7) is 0.223. The lowest BCUT2D eigenvalue weighted by molar-refractivity contribution is -0.152. The fourth-order valence-corrected chi connectivity index (χ4v) is 3.03. The minimum Gasteiger partial charge on any atom is -0.479 e. The zero-order valence-electron chi connectivity index (χ0n) is 12.1. The maximum Gasteiger partial charge on any atom is 0.331 e. The lowest BCUT2D eigenvalue weighted by atomic mass is 9.91. The Labute approximate surface area is 131 Å². The van der Waals surface area contributed by atoms with E-state index in [2.05, 4.69) is 5.32 Å². The maximum absolute atomic E-state index is 12.6. The van der Waals surface area contributed by atoms with Crippen LogP contribution in [0, 0.1) is 0 Å². The number of nitrogens with zero attached hydrogens (tertiary/aromatic N) is 1. The molecule has 0 spiro atoms. The molecule has 0 unspecified atom stereocenters. The van der Waals surface area contributed by atoms with Gasteiger partial charge in [0.2, 0.25) is 11.8 Å². The highest BCUT2D eigenvalue weighted by molar-refractivity contribution is 6.03. The van der Waals surface area contributed by atoms with Crippen molar-refractivity contribution in [2.45, 2.75) is 24.9 Å². The molecule has 4 amide bonds. The Bertz CT molecular complexity index is 686. The van der Waals surface area contributed by atoms with Crippen molar-refractivity contribution in [1.82, 2.24) is 15.5 Å². The molecule has 0 aliphatic carbocycles. The fraction of sp³-hybridized carbons (Fsp3) is 0.333. The number of hydrogen-bond donors (Lipinski definition) is 3. The molecule has 2 aliphatic heterocycles. The van der Waals surface area contributed by atoms with Crippen LogP contribution in [0.3, 0.4) is 0 Å². The lowest BCUT2D eigenvalue weighted by Gasteiger charge is -2.37. The highest BCUT2D eigenvalue weighted by Gasteiger charge is 2.40. The number of carboxylic acid groups (broad SMARTS) is 1. The molecule has 8 nitrogen and oxygen atoms in total. The number of hydrogen-bond acceptors (Lipinski definition) is 4. The Morgan fingerprint density at radius 2 is 1.96 bits per heavy atom. The van der Waals surface area contributed by atoms with Crippen LogP contribution in [0.25, 0.3) is 0 Å². The van der Waals surface area contributed by atoms with Crippen LogP contribution in [0.5, 0.6) is 0 Å². The number of imide groups is 1. The molecule has 1 aromatic carbocycles. The van der Waals surface area contributed by atoms with E-state index in [1.807, 2.05) is 17.4 Å². The fourth-order valence-electron chi connectivity index (χ4n) is 3.03. The van der Waals surface area contributed by atoms with Gasteiger partial charge in [-0.2, -0.15) is 0 Å². The van der Waals surface area contributed by atoms with Gasteiger partial charge in [-0.15, -0.1) is 0 Å². The smallest absolute Gasteiger partial charge is 0.331 e. The van der Waals surface area contributed by atoms with Gasteiger partial charge in [-0.3, -0.25) is 14.9 Å². The number of carbonyl (C=O) groups excluding carboxylic acids is 3. The van der Waals surface area contributed by atoms with Gasteiger partial charge in [0.1, 0.15) is 6.04 Å². The van der Waals surface area contributed by atoms with Gasteiger partial charge in [0.15, 0.2) is 6.04 Å². The van der Waals surface area contributed by atoms with Crippen LogP contribution in [-0.4, -0.2) is 46.4 Å². The molecule has 8 heteroatoms. The van der Waals surface area contributed by atoms with Gasteiger partial charge in [0.25, 0.3) is 0 Å². The molecule has 1 fully saturated rings. The number of urea groups is 1. The summed E-state index contributed by atoms with van der Waals surface area (Å²) in [5.74, 6) is -2.26. The number of aliphatic carboxylic acids is 1. The molecule has 0 bridgehead atoms. The molecular formula is C15H15N3O5. The predicted molar refractivity (Wildman–Crippen MR) is 77.3 cm³/mol. The number of nitrogens with one attached hydrogen (secondary N) is 2. The summed E-state index contributed by atoms with van der Waals surface area (Å²) in [7, 11) is 0. The van der Waals surface area contributed by atoms with Crippen LogP contribution in [0.1, 0.15) is 23.6 Å². The Morgan fingerprint density at radius 3 is 2.65 bits per heavy atom. The van der Waals surface area contributed by atoms with Gasteiger partial charge >= 0.3 is 12.0 Å². The number of benzene rings is 1. The molecule has 0 saturated carbocycles. The van der Waals surface area contributed by atoms with E-state index in [1.165, 1.54) is 4.90 Å². The minimum absolute atomic E-state index is 0.199. The van der Waals surface area contributed by atoms with E-state index in [1.54, 1.807) is 12.1 Å². The Balaban J connectivity index is 1.90. The molecule has 2 aliphatic rings. The molecule has 3 rings (SSSR count). The van der Waals surface area contributed by atoms with Gasteiger partial charge in [-0.05, 0) is 17.5 Å². The van der Waals surface area contributed by atoms with E-state index in [4.69, 9.17) is 0 Å². The second-order valence-corrected chi connectivity index (χ2v) is 5.50. The van der Waals surface area contributed by atoms with Gasteiger partial charge in [-0.25, -0.2) is 9.59 Å². The largest absolute Gasteiger partial charge is 0.479 e. The molecule has 0 radical (unpaired) electrons. The average molecular weight is 317 g/mol. The van der Waals surface area contributed by atoms with Gasteiger partial charge in [-0.1, -0.05) is 24.3 Å². The molecule has 1 aromatic rings. The van der Waals surface area contributed by atoms with Crippen LogP contribution in [0.15, 0.2) is 24.3 Å². The first-order valence-electron chi connectivity index (χ1n) is 7.19. The van der Waals surface area contributed by atoms with E-state index in [9.17, 15) is 24.3 Å². The number of rotatable bonds is 2. The molecule has 2 atom stereocenters. The number of carboxylic acids is 1. The molecule has 1 saturated heterocycles. The predicted octanol–water partition coefficient (Wildman–Crippen LogP) is -0.205. The third-order valence-corrected chi connectivity index (χ3v) is 4.05. The molecule has 0 aromatic heterocycles. The van der Waals surface area contributed by atoms with E-state index in [0.29, 0.717) is 12.0 Å². The third kappa shape index (κ3) is 2.75. The van der Waals surface area contributed by atoms with Crippen molar-refractivity contribution in [1.29, 1.82) is 0 Å². The van der Waals surface area contributed by atoms with Crippen LogP contribution in [0.2, 0.25) is 0 Å². The zero-order chi connectivity index (χ0) is 16.6. The number of amides is 4. The maximum atomic E-state index is 12.6. The SMILES string of the molecule is O=C1C[C@@H](C(=O)N2CCc3ccccc3[C@H]2C(=O)O)NC(=O)N1. The standard InChI is InChI=1S/C15H15N3O5/c19-11-7-10(16-15(23)17-11)13(20)18-6-5-8-3-1-2-4-9(8)12(18)14(21)22/h1-4,10,12H,5-7H2,(H,21,22)(H2,16,17,19,23)/t10-,12-/m0/s1. The van der Waals surface area contributed by atoms with E-state index in [0.717, 1.165) is 5.56 Å². The first-order valence-corrected chi connectivity index (χ1v) is 7.19. The number of carbonyl (C=O) groups is 4. The summed E-state index contributed by atoms with van der Waals surface area (Å²) >= 11 is 0. The highest BCUT2D eigenvalue weighted by Crippen LogP contribution is 2.30. The Hall–Kier alpha value is -2.90. The normalized spacial score (nSPS) is 23.6. The summed E-state index contributed by atoms with van der Waals surface area (Å²) in [6, 6.07) is 4.16. The van der Waals surface area contributed by atoms with Crippen molar-refractivity contribution in [3.05, 3.63) is 35.4 Å². The summed E-state index contributed by atoms with van der Waals surface area (Å²) in [5, 5.41) is 14.0. The van der Waals surface area contributed by atoms with Crippen molar-refractivity contribution < 1.29 is 24.3 Å². The lowest BCUT2D eigenvalue weighted by Crippen LogP contribution is -2.59. The summed E-state index contributed by atoms with van der Waals surface area (Å²) in [6.07, 6.45) is 0.327. The van der Waals surface area contributed by atoms with Gasteiger partial charge in [0, 0.05) is 6.54 Å². The van der Waals surface area contributed by atoms with Gasteiger partial charge < -0.3 is 15.3 Å². The first-order chi connectivity index (χ1) is 11.0. The molecule has 3 N–H and O–H groups in total. The Kier molecular flexibility index (Phi) is 3.73. The molecule has 23 heavy (non-hydrogen) atoms. The third-order valence-electron chi connectivity index (χ3n) is 4.05. The average Bonchev–Trinajstić information content (AvgIpc) is 2.51. The molecule has 2 heterocycles. The van der Waals surface area contributed by atoms with Crippen LogP contribution >= 0.6 is 0 Å². The van der Waals surface area contributed by atoms with Crippen molar-refractivity contribution >= 4 is 23.8 Å². The monoisotopic (exact) mass is 317 g/mol. The quantitative estimate of drug-likeness (QED) is 0.698. The van der Waals surface area contributed by atoms with Gasteiger partial charge in [0.05, 0.1) is 6.42 Å². The second-order valence-electron chi connectivity index (χ2n) is 5.50. The van der Waals surface area contributed by atoms with Crippen molar-refractivity contribution in [2.24, 2.45) is 0 Å². The minimum atomic E-state index is -1.14. The van der Waals surface area contributed by atoms with Crippen LogP contribution < -0.4 is 10.6 Å². The first kappa shape index (κ1) is 15.0. The molecular weight excluding hydrogens is 302 g/mol.